The fraction of sp³-hybridized carbons (Fsp3) is 0.812. The van der Waals surface area contributed by atoms with Crippen molar-refractivity contribution in [2.24, 2.45) is 11.8 Å². The second-order valence-electron chi connectivity index (χ2n) is 6.70. The quantitative estimate of drug-likeness (QED) is 0.654. The molecule has 136 valence electrons. The Balaban J connectivity index is 0.00000208. The highest BCUT2D eigenvalue weighted by atomic mass is 35.5. The number of hydrogen-bond acceptors (Lipinski definition) is 5. The van der Waals surface area contributed by atoms with E-state index in [0.717, 1.165) is 58.4 Å². The molecule has 3 fully saturated rings. The highest BCUT2D eigenvalue weighted by Gasteiger charge is 2.48. The molecule has 0 aromatic heterocycles. The van der Waals surface area contributed by atoms with E-state index in [-0.39, 0.29) is 48.5 Å². The van der Waals surface area contributed by atoms with Gasteiger partial charge in [-0.15, -0.1) is 12.4 Å². The third-order valence-corrected chi connectivity index (χ3v) is 5.19. The number of hydrogen-bond donors (Lipinski definition) is 2. The largest absolute Gasteiger partial charge is 0.353 e. The van der Waals surface area contributed by atoms with E-state index in [0.29, 0.717) is 6.54 Å². The van der Waals surface area contributed by atoms with E-state index >= 15 is 0 Å². The molecule has 3 aliphatic rings. The Bertz CT molecular complexity index is 458. The molecular formula is C16H27ClN4O3. The molecule has 0 radical (unpaired) electrons. The van der Waals surface area contributed by atoms with Gasteiger partial charge in [-0.1, -0.05) is 12.8 Å². The van der Waals surface area contributed by atoms with Crippen LogP contribution in [0.4, 0.5) is 0 Å². The number of amides is 3. The summed E-state index contributed by atoms with van der Waals surface area (Å²) in [5.74, 6) is -0.871. The number of fused-ring (bicyclic) bond motifs is 1. The molecule has 0 aromatic rings. The smallest absolute Gasteiger partial charge is 0.240 e. The summed E-state index contributed by atoms with van der Waals surface area (Å²) in [4.78, 5) is 40.2. The molecule has 2 atom stereocenters. The van der Waals surface area contributed by atoms with Gasteiger partial charge in [0, 0.05) is 39.3 Å². The lowest BCUT2D eigenvalue weighted by atomic mass is 9.81. The van der Waals surface area contributed by atoms with Crippen LogP contribution in [-0.4, -0.2) is 73.3 Å². The first-order valence-electron chi connectivity index (χ1n) is 8.72. The van der Waals surface area contributed by atoms with Crippen molar-refractivity contribution in [3.8, 4) is 0 Å². The average molecular weight is 359 g/mol. The van der Waals surface area contributed by atoms with Crippen molar-refractivity contribution >= 4 is 30.1 Å². The minimum atomic E-state index is -0.236. The number of nitrogens with zero attached hydrogens (tertiary/aromatic N) is 2. The van der Waals surface area contributed by atoms with Crippen LogP contribution >= 0.6 is 12.4 Å². The van der Waals surface area contributed by atoms with Gasteiger partial charge in [-0.2, -0.15) is 0 Å². The molecule has 3 rings (SSSR count). The molecule has 2 N–H and O–H groups in total. The number of nitrogens with one attached hydrogen (secondary N) is 2. The maximum absolute atomic E-state index is 12.3. The minimum Gasteiger partial charge on any atom is -0.353 e. The molecular weight excluding hydrogens is 332 g/mol. The monoisotopic (exact) mass is 358 g/mol. The SMILES string of the molecule is Cl.O=C(CN1C(=O)C2CCCCC2C1=O)NCCN1CCNCC1. The number of carbonyl (C=O) groups is 3. The summed E-state index contributed by atoms with van der Waals surface area (Å²) in [6.45, 7) is 5.18. The van der Waals surface area contributed by atoms with Crippen LogP contribution < -0.4 is 10.6 Å². The van der Waals surface area contributed by atoms with Gasteiger partial charge in [-0.05, 0) is 12.8 Å². The highest BCUT2D eigenvalue weighted by molar-refractivity contribution is 6.07. The second-order valence-corrected chi connectivity index (χ2v) is 6.70. The predicted molar refractivity (Wildman–Crippen MR) is 91.7 cm³/mol. The number of carbonyl (C=O) groups excluding carboxylic acids is 3. The van der Waals surface area contributed by atoms with E-state index in [1.54, 1.807) is 0 Å². The zero-order valence-corrected chi connectivity index (χ0v) is 14.8. The number of likely N-dealkylation sites (tertiary alicyclic amines) is 1. The van der Waals surface area contributed by atoms with Crippen molar-refractivity contribution in [3.63, 3.8) is 0 Å². The van der Waals surface area contributed by atoms with Crippen LogP contribution in [0.5, 0.6) is 0 Å². The molecule has 0 bridgehead atoms. The fourth-order valence-electron chi connectivity index (χ4n) is 3.87. The Labute approximate surface area is 148 Å². The van der Waals surface area contributed by atoms with Gasteiger partial charge in [0.2, 0.25) is 17.7 Å². The van der Waals surface area contributed by atoms with E-state index in [9.17, 15) is 14.4 Å². The van der Waals surface area contributed by atoms with Crippen LogP contribution in [0.1, 0.15) is 25.7 Å². The lowest BCUT2D eigenvalue weighted by Crippen LogP contribution is -2.47. The summed E-state index contributed by atoms with van der Waals surface area (Å²) in [7, 11) is 0. The molecule has 1 saturated carbocycles. The average Bonchev–Trinajstić information content (AvgIpc) is 2.81. The molecule has 0 aromatic carbocycles. The molecule has 0 spiro atoms. The molecule has 24 heavy (non-hydrogen) atoms. The number of halogens is 1. The van der Waals surface area contributed by atoms with E-state index in [4.69, 9.17) is 0 Å². The summed E-state index contributed by atoms with van der Waals surface area (Å²) in [6, 6.07) is 0. The molecule has 1 aliphatic carbocycles. The predicted octanol–water partition coefficient (Wildman–Crippen LogP) is -0.395. The topological polar surface area (TPSA) is 81.8 Å². The Morgan fingerprint density at radius 1 is 1.08 bits per heavy atom. The van der Waals surface area contributed by atoms with Crippen LogP contribution in [-0.2, 0) is 14.4 Å². The Morgan fingerprint density at radius 3 is 2.25 bits per heavy atom. The highest BCUT2D eigenvalue weighted by Crippen LogP contribution is 2.37. The van der Waals surface area contributed by atoms with Crippen LogP contribution in [0.3, 0.4) is 0 Å². The summed E-state index contributed by atoms with van der Waals surface area (Å²) >= 11 is 0. The lowest BCUT2D eigenvalue weighted by molar-refractivity contribution is -0.143. The molecule has 2 aliphatic heterocycles. The summed E-state index contributed by atoms with van der Waals surface area (Å²) in [6.07, 6.45) is 3.59. The Morgan fingerprint density at radius 2 is 1.67 bits per heavy atom. The van der Waals surface area contributed by atoms with Crippen molar-refractivity contribution < 1.29 is 14.4 Å². The number of piperazine rings is 1. The van der Waals surface area contributed by atoms with Crippen molar-refractivity contribution in [1.29, 1.82) is 0 Å². The molecule has 8 heteroatoms. The minimum absolute atomic E-state index is 0. The molecule has 2 saturated heterocycles. The van der Waals surface area contributed by atoms with E-state index in [1.807, 2.05) is 0 Å². The normalized spacial score (nSPS) is 27.6. The zero-order valence-electron chi connectivity index (χ0n) is 14.0. The maximum atomic E-state index is 12.3. The third kappa shape index (κ3) is 4.26. The van der Waals surface area contributed by atoms with Crippen LogP contribution in [0.25, 0.3) is 0 Å². The van der Waals surface area contributed by atoms with Crippen molar-refractivity contribution in [3.05, 3.63) is 0 Å². The van der Waals surface area contributed by atoms with Gasteiger partial charge in [-0.25, -0.2) is 0 Å². The molecule has 7 nitrogen and oxygen atoms in total. The first-order valence-corrected chi connectivity index (χ1v) is 8.72. The maximum Gasteiger partial charge on any atom is 0.240 e. The van der Waals surface area contributed by atoms with Gasteiger partial charge < -0.3 is 10.6 Å². The van der Waals surface area contributed by atoms with Gasteiger partial charge in [0.1, 0.15) is 6.54 Å². The fourth-order valence-corrected chi connectivity index (χ4v) is 3.87. The second kappa shape index (κ2) is 8.78. The molecule has 3 amide bonds. The lowest BCUT2D eigenvalue weighted by Gasteiger charge is -2.27. The van der Waals surface area contributed by atoms with Crippen molar-refractivity contribution in [2.75, 3.05) is 45.8 Å². The molecule has 2 heterocycles. The molecule has 2 unspecified atom stereocenters. The Hall–Kier alpha value is -1.18. The van der Waals surface area contributed by atoms with Crippen molar-refractivity contribution in [1.82, 2.24) is 20.4 Å². The first-order chi connectivity index (χ1) is 11.2. The standard InChI is InChI=1S/C16H26N4O3.ClH/c21-14(18-7-10-19-8-5-17-6-9-19)11-20-15(22)12-3-1-2-4-13(12)16(20)23;/h12-13,17H,1-11H2,(H,18,21);1H. The van der Waals surface area contributed by atoms with E-state index < -0.39 is 0 Å². The van der Waals surface area contributed by atoms with Crippen molar-refractivity contribution in [2.45, 2.75) is 25.7 Å². The van der Waals surface area contributed by atoms with Gasteiger partial charge in [0.05, 0.1) is 11.8 Å². The number of imide groups is 1. The summed E-state index contributed by atoms with van der Waals surface area (Å²) < 4.78 is 0. The first kappa shape index (κ1) is 19.1. The van der Waals surface area contributed by atoms with Gasteiger partial charge in [-0.3, -0.25) is 24.2 Å². The Kier molecular flexibility index (Phi) is 7.01. The van der Waals surface area contributed by atoms with Crippen LogP contribution in [0, 0.1) is 11.8 Å². The summed E-state index contributed by atoms with van der Waals surface area (Å²) in [5.41, 5.74) is 0. The van der Waals surface area contributed by atoms with E-state index in [1.165, 1.54) is 4.90 Å². The third-order valence-electron chi connectivity index (χ3n) is 5.19. The summed E-state index contributed by atoms with van der Waals surface area (Å²) in [5, 5.41) is 6.12. The van der Waals surface area contributed by atoms with Gasteiger partial charge in [0.25, 0.3) is 0 Å². The van der Waals surface area contributed by atoms with Gasteiger partial charge in [0.15, 0.2) is 0 Å². The van der Waals surface area contributed by atoms with Gasteiger partial charge >= 0.3 is 0 Å². The van der Waals surface area contributed by atoms with E-state index in [2.05, 4.69) is 15.5 Å². The number of rotatable bonds is 5. The zero-order chi connectivity index (χ0) is 16.2. The van der Waals surface area contributed by atoms with Crippen LogP contribution in [0.15, 0.2) is 0 Å². The van der Waals surface area contributed by atoms with Crippen LogP contribution in [0.2, 0.25) is 0 Å².